The predicted molar refractivity (Wildman–Crippen MR) is 137 cm³/mol. The van der Waals surface area contributed by atoms with E-state index in [1.54, 1.807) is 0 Å². The van der Waals surface area contributed by atoms with Gasteiger partial charge in [-0.3, -0.25) is 4.79 Å². The van der Waals surface area contributed by atoms with Gasteiger partial charge in [0, 0.05) is 31.1 Å². The Morgan fingerprint density at radius 1 is 0.971 bits per heavy atom. The Morgan fingerprint density at radius 3 is 2.50 bits per heavy atom. The highest BCUT2D eigenvalue weighted by Gasteiger charge is 2.35. The SMILES string of the molecule is Cc1cc(C)cc(N2CC(c3nc4ccccc4n3CCCOc3ccccc3C)CC2=O)c1. The van der Waals surface area contributed by atoms with Crippen molar-refractivity contribution in [3.63, 3.8) is 0 Å². The summed E-state index contributed by atoms with van der Waals surface area (Å²) in [5, 5.41) is 0. The van der Waals surface area contributed by atoms with E-state index in [1.165, 1.54) is 11.1 Å². The van der Waals surface area contributed by atoms with E-state index < -0.39 is 0 Å². The number of carbonyl (C=O) groups excluding carboxylic acids is 1. The molecule has 1 amide bonds. The van der Waals surface area contributed by atoms with Crippen LogP contribution in [0.1, 0.15) is 41.3 Å². The van der Waals surface area contributed by atoms with Crippen molar-refractivity contribution in [3.8, 4) is 5.75 Å². The number of fused-ring (bicyclic) bond motifs is 1. The average Bonchev–Trinajstić information content (AvgIpc) is 3.37. The third-order valence-corrected chi connectivity index (χ3v) is 6.57. The number of rotatable bonds is 7. The summed E-state index contributed by atoms with van der Waals surface area (Å²) in [6, 6.07) is 22.7. The van der Waals surface area contributed by atoms with Gasteiger partial charge in [-0.05, 0) is 74.2 Å². The van der Waals surface area contributed by atoms with Crippen molar-refractivity contribution < 1.29 is 9.53 Å². The quantitative estimate of drug-likeness (QED) is 0.325. The van der Waals surface area contributed by atoms with Gasteiger partial charge in [-0.25, -0.2) is 4.98 Å². The van der Waals surface area contributed by atoms with Crippen molar-refractivity contribution in [3.05, 3.63) is 89.2 Å². The van der Waals surface area contributed by atoms with E-state index >= 15 is 0 Å². The van der Waals surface area contributed by atoms with Gasteiger partial charge in [0.2, 0.25) is 5.91 Å². The monoisotopic (exact) mass is 453 g/mol. The fourth-order valence-corrected chi connectivity index (χ4v) is 5.00. The Hall–Kier alpha value is -3.60. The van der Waals surface area contributed by atoms with Gasteiger partial charge in [0.05, 0.1) is 17.6 Å². The number of hydrogen-bond acceptors (Lipinski definition) is 3. The Balaban J connectivity index is 1.36. The molecule has 34 heavy (non-hydrogen) atoms. The molecule has 1 unspecified atom stereocenters. The molecular formula is C29H31N3O2. The molecule has 1 aliphatic heterocycles. The highest BCUT2D eigenvalue weighted by Crippen LogP contribution is 2.34. The van der Waals surface area contributed by atoms with Crippen LogP contribution in [0, 0.1) is 20.8 Å². The maximum Gasteiger partial charge on any atom is 0.227 e. The molecule has 0 saturated carbocycles. The first-order chi connectivity index (χ1) is 16.5. The smallest absolute Gasteiger partial charge is 0.227 e. The van der Waals surface area contributed by atoms with Crippen LogP contribution in [-0.2, 0) is 11.3 Å². The fourth-order valence-electron chi connectivity index (χ4n) is 5.00. The van der Waals surface area contributed by atoms with Crippen molar-refractivity contribution in [2.75, 3.05) is 18.1 Å². The van der Waals surface area contributed by atoms with E-state index in [0.717, 1.165) is 46.8 Å². The number of aryl methyl sites for hydroxylation is 4. The molecule has 3 aromatic carbocycles. The van der Waals surface area contributed by atoms with Gasteiger partial charge in [-0.2, -0.15) is 0 Å². The van der Waals surface area contributed by atoms with Gasteiger partial charge >= 0.3 is 0 Å². The van der Waals surface area contributed by atoms with Crippen molar-refractivity contribution in [1.29, 1.82) is 0 Å². The fraction of sp³-hybridized carbons (Fsp3) is 0.310. The molecular weight excluding hydrogens is 422 g/mol. The van der Waals surface area contributed by atoms with Crippen molar-refractivity contribution in [2.45, 2.75) is 46.1 Å². The highest BCUT2D eigenvalue weighted by atomic mass is 16.5. The predicted octanol–water partition coefficient (Wildman–Crippen LogP) is 5.95. The van der Waals surface area contributed by atoms with Gasteiger partial charge in [-0.1, -0.05) is 36.4 Å². The largest absolute Gasteiger partial charge is 0.493 e. The number of ether oxygens (including phenoxy) is 1. The zero-order valence-corrected chi connectivity index (χ0v) is 20.1. The van der Waals surface area contributed by atoms with Crippen LogP contribution in [0.4, 0.5) is 5.69 Å². The van der Waals surface area contributed by atoms with Crippen molar-refractivity contribution >= 4 is 22.6 Å². The minimum atomic E-state index is 0.0676. The van der Waals surface area contributed by atoms with Gasteiger partial charge < -0.3 is 14.2 Å². The second-order valence-electron chi connectivity index (χ2n) is 9.33. The minimum Gasteiger partial charge on any atom is -0.493 e. The molecule has 174 valence electrons. The van der Waals surface area contributed by atoms with E-state index in [9.17, 15) is 4.79 Å². The van der Waals surface area contributed by atoms with Gasteiger partial charge in [0.25, 0.3) is 0 Å². The molecule has 0 N–H and O–H groups in total. The van der Waals surface area contributed by atoms with E-state index in [-0.39, 0.29) is 11.8 Å². The summed E-state index contributed by atoms with van der Waals surface area (Å²) in [7, 11) is 0. The molecule has 5 heteroatoms. The van der Waals surface area contributed by atoms with Gasteiger partial charge in [0.15, 0.2) is 0 Å². The summed E-state index contributed by atoms with van der Waals surface area (Å²) in [5.74, 6) is 2.16. The zero-order valence-electron chi connectivity index (χ0n) is 20.1. The van der Waals surface area contributed by atoms with E-state index in [1.807, 2.05) is 29.2 Å². The van der Waals surface area contributed by atoms with E-state index in [0.29, 0.717) is 19.6 Å². The lowest BCUT2D eigenvalue weighted by molar-refractivity contribution is -0.117. The molecule has 0 aliphatic carbocycles. The Labute approximate surface area is 201 Å². The standard InChI is InChI=1S/C29H31N3O2/c1-20-15-21(2)17-24(16-20)32-19-23(18-28(32)33)29-30-25-10-5-6-11-26(25)31(29)13-8-14-34-27-12-7-4-9-22(27)3/h4-7,9-12,15-17,23H,8,13-14,18-19H2,1-3H3. The topological polar surface area (TPSA) is 47.4 Å². The number of aromatic nitrogens is 2. The lowest BCUT2D eigenvalue weighted by Crippen LogP contribution is -2.24. The van der Waals surface area contributed by atoms with Crippen LogP contribution < -0.4 is 9.64 Å². The number of carbonyl (C=O) groups is 1. The van der Waals surface area contributed by atoms with Crippen LogP contribution in [0.5, 0.6) is 5.75 Å². The molecule has 1 fully saturated rings. The third-order valence-electron chi connectivity index (χ3n) is 6.57. The van der Waals surface area contributed by atoms with Crippen LogP contribution >= 0.6 is 0 Å². The molecule has 4 aromatic rings. The summed E-state index contributed by atoms with van der Waals surface area (Å²) in [5.41, 5.74) is 6.58. The summed E-state index contributed by atoms with van der Waals surface area (Å²) < 4.78 is 8.32. The molecule has 1 aromatic heterocycles. The zero-order chi connectivity index (χ0) is 23.7. The first-order valence-electron chi connectivity index (χ1n) is 12.0. The van der Waals surface area contributed by atoms with Crippen LogP contribution in [0.25, 0.3) is 11.0 Å². The molecule has 0 bridgehead atoms. The number of anilines is 1. The van der Waals surface area contributed by atoms with Crippen LogP contribution in [-0.4, -0.2) is 28.6 Å². The van der Waals surface area contributed by atoms with E-state index in [4.69, 9.17) is 9.72 Å². The Morgan fingerprint density at radius 2 is 1.71 bits per heavy atom. The molecule has 0 spiro atoms. The van der Waals surface area contributed by atoms with Gasteiger partial charge in [-0.15, -0.1) is 0 Å². The Bertz CT molecular complexity index is 1320. The summed E-state index contributed by atoms with van der Waals surface area (Å²) in [6.45, 7) is 8.31. The van der Waals surface area contributed by atoms with Crippen molar-refractivity contribution in [1.82, 2.24) is 9.55 Å². The number of benzene rings is 3. The second-order valence-corrected chi connectivity index (χ2v) is 9.33. The number of imidazole rings is 1. The molecule has 0 radical (unpaired) electrons. The normalized spacial score (nSPS) is 15.9. The molecule has 5 nitrogen and oxygen atoms in total. The summed E-state index contributed by atoms with van der Waals surface area (Å²) in [6.07, 6.45) is 1.35. The van der Waals surface area contributed by atoms with Crippen LogP contribution in [0.3, 0.4) is 0 Å². The Kier molecular flexibility index (Phi) is 6.10. The first kappa shape index (κ1) is 22.2. The molecule has 2 heterocycles. The van der Waals surface area contributed by atoms with Gasteiger partial charge in [0.1, 0.15) is 11.6 Å². The molecule has 1 atom stereocenters. The number of amides is 1. The number of para-hydroxylation sites is 3. The lowest BCUT2D eigenvalue weighted by Gasteiger charge is -2.19. The highest BCUT2D eigenvalue weighted by molar-refractivity contribution is 5.96. The first-order valence-corrected chi connectivity index (χ1v) is 12.0. The third kappa shape index (κ3) is 4.43. The minimum absolute atomic E-state index is 0.0676. The number of hydrogen-bond donors (Lipinski definition) is 0. The molecule has 1 aliphatic rings. The second kappa shape index (κ2) is 9.34. The summed E-state index contributed by atoms with van der Waals surface area (Å²) in [4.78, 5) is 19.9. The lowest BCUT2D eigenvalue weighted by atomic mass is 10.1. The molecule has 1 saturated heterocycles. The average molecular weight is 454 g/mol. The maximum atomic E-state index is 13.0. The molecule has 5 rings (SSSR count). The summed E-state index contributed by atoms with van der Waals surface area (Å²) >= 11 is 0. The van der Waals surface area contributed by atoms with E-state index in [2.05, 4.69) is 67.8 Å². The van der Waals surface area contributed by atoms with Crippen molar-refractivity contribution in [2.24, 2.45) is 0 Å². The van der Waals surface area contributed by atoms with Crippen LogP contribution in [0.15, 0.2) is 66.7 Å². The number of nitrogens with zero attached hydrogens (tertiary/aromatic N) is 3. The van der Waals surface area contributed by atoms with Crippen LogP contribution in [0.2, 0.25) is 0 Å². The maximum absolute atomic E-state index is 13.0.